The monoisotopic (exact) mass is 253 g/mol. The predicted octanol–water partition coefficient (Wildman–Crippen LogP) is 1.94. The fourth-order valence-corrected chi connectivity index (χ4v) is 2.52. The van der Waals surface area contributed by atoms with Gasteiger partial charge in [0.1, 0.15) is 17.1 Å². The van der Waals surface area contributed by atoms with Crippen molar-refractivity contribution in [2.75, 3.05) is 7.11 Å². The first kappa shape index (κ1) is 13.1. The van der Waals surface area contributed by atoms with Crippen LogP contribution in [0.15, 0.2) is 10.5 Å². The topological polar surface area (TPSA) is 71.7 Å². The summed E-state index contributed by atoms with van der Waals surface area (Å²) in [5.41, 5.74) is 0.238. The van der Waals surface area contributed by atoms with E-state index in [0.717, 1.165) is 19.3 Å². The van der Waals surface area contributed by atoms with Gasteiger partial charge in [-0.05, 0) is 32.3 Å². The molecule has 5 nitrogen and oxygen atoms in total. The van der Waals surface area contributed by atoms with Crippen LogP contribution in [-0.2, 0) is 11.3 Å². The van der Waals surface area contributed by atoms with Crippen molar-refractivity contribution in [3.63, 3.8) is 0 Å². The molecular weight excluding hydrogens is 234 g/mol. The largest absolute Gasteiger partial charge is 0.478 e. The Labute approximate surface area is 106 Å². The van der Waals surface area contributed by atoms with E-state index in [-0.39, 0.29) is 11.7 Å². The number of ether oxygens (including phenoxy) is 1. The Hall–Kier alpha value is -1.33. The van der Waals surface area contributed by atoms with Crippen LogP contribution in [-0.4, -0.2) is 30.3 Å². The first-order chi connectivity index (χ1) is 8.61. The summed E-state index contributed by atoms with van der Waals surface area (Å²) in [5.74, 6) is 0.166. The van der Waals surface area contributed by atoms with Gasteiger partial charge in [0.25, 0.3) is 0 Å². The average molecular weight is 253 g/mol. The second-order valence-electron chi connectivity index (χ2n) is 4.68. The number of hydrogen-bond donors (Lipinski definition) is 2. The molecule has 18 heavy (non-hydrogen) atoms. The Balaban J connectivity index is 1.94. The maximum Gasteiger partial charge on any atom is 0.339 e. The zero-order chi connectivity index (χ0) is 13.1. The molecule has 1 aliphatic rings. The highest BCUT2D eigenvalue weighted by Crippen LogP contribution is 2.22. The SMILES string of the molecule is COC1CCCC1NCc1cc(C(=O)O)c(C)o1. The van der Waals surface area contributed by atoms with Gasteiger partial charge < -0.3 is 19.6 Å². The summed E-state index contributed by atoms with van der Waals surface area (Å²) in [7, 11) is 1.73. The van der Waals surface area contributed by atoms with Gasteiger partial charge in [0.2, 0.25) is 0 Å². The molecule has 2 unspecified atom stereocenters. The maximum atomic E-state index is 10.9. The third-order valence-corrected chi connectivity index (χ3v) is 3.49. The normalized spacial score (nSPS) is 23.4. The van der Waals surface area contributed by atoms with Crippen LogP contribution in [0.3, 0.4) is 0 Å². The molecule has 1 heterocycles. The van der Waals surface area contributed by atoms with Crippen molar-refractivity contribution in [1.29, 1.82) is 0 Å². The van der Waals surface area contributed by atoms with E-state index in [4.69, 9.17) is 14.3 Å². The molecule has 0 amide bonds. The van der Waals surface area contributed by atoms with E-state index < -0.39 is 5.97 Å². The number of aryl methyl sites for hydroxylation is 1. The molecule has 2 rings (SSSR count). The van der Waals surface area contributed by atoms with Gasteiger partial charge in [0.05, 0.1) is 12.6 Å². The first-order valence-corrected chi connectivity index (χ1v) is 6.20. The summed E-state index contributed by atoms with van der Waals surface area (Å²) in [6.07, 6.45) is 3.57. The quantitative estimate of drug-likeness (QED) is 0.839. The van der Waals surface area contributed by atoms with Crippen LogP contribution < -0.4 is 5.32 Å². The van der Waals surface area contributed by atoms with Crippen molar-refractivity contribution in [3.05, 3.63) is 23.2 Å². The molecule has 0 bridgehead atoms. The molecule has 1 fully saturated rings. The lowest BCUT2D eigenvalue weighted by Gasteiger charge is -2.18. The van der Waals surface area contributed by atoms with Crippen molar-refractivity contribution in [2.24, 2.45) is 0 Å². The van der Waals surface area contributed by atoms with Gasteiger partial charge in [-0.25, -0.2) is 4.79 Å². The molecule has 0 radical (unpaired) electrons. The highest BCUT2D eigenvalue weighted by atomic mass is 16.5. The number of carboxylic acid groups (broad SMARTS) is 1. The molecule has 1 aromatic heterocycles. The minimum atomic E-state index is -0.946. The second kappa shape index (κ2) is 5.54. The third-order valence-electron chi connectivity index (χ3n) is 3.49. The minimum absolute atomic E-state index is 0.238. The third kappa shape index (κ3) is 2.73. The molecule has 100 valence electrons. The number of hydrogen-bond acceptors (Lipinski definition) is 4. The van der Waals surface area contributed by atoms with Gasteiger partial charge in [-0.2, -0.15) is 0 Å². The molecule has 0 aromatic carbocycles. The molecule has 0 spiro atoms. The van der Waals surface area contributed by atoms with Crippen molar-refractivity contribution in [1.82, 2.24) is 5.32 Å². The molecule has 1 aromatic rings. The number of carbonyl (C=O) groups is 1. The van der Waals surface area contributed by atoms with E-state index in [9.17, 15) is 4.79 Å². The van der Waals surface area contributed by atoms with Crippen LogP contribution in [0.5, 0.6) is 0 Å². The smallest absolute Gasteiger partial charge is 0.339 e. The lowest BCUT2D eigenvalue weighted by molar-refractivity contribution is 0.0695. The lowest BCUT2D eigenvalue weighted by Crippen LogP contribution is -2.36. The number of rotatable bonds is 5. The van der Waals surface area contributed by atoms with Gasteiger partial charge in [-0.1, -0.05) is 0 Å². The fourth-order valence-electron chi connectivity index (χ4n) is 2.52. The number of methoxy groups -OCH3 is 1. The molecule has 1 saturated carbocycles. The highest BCUT2D eigenvalue weighted by molar-refractivity contribution is 5.88. The van der Waals surface area contributed by atoms with E-state index in [1.54, 1.807) is 20.1 Å². The highest BCUT2D eigenvalue weighted by Gasteiger charge is 2.26. The molecular formula is C13H19NO4. The van der Waals surface area contributed by atoms with Gasteiger partial charge >= 0.3 is 5.97 Å². The van der Waals surface area contributed by atoms with E-state index in [1.165, 1.54) is 0 Å². The maximum absolute atomic E-state index is 10.9. The summed E-state index contributed by atoms with van der Waals surface area (Å²) >= 11 is 0. The molecule has 0 aliphatic heterocycles. The van der Waals surface area contributed by atoms with E-state index >= 15 is 0 Å². The summed E-state index contributed by atoms with van der Waals surface area (Å²) in [4.78, 5) is 10.9. The Morgan fingerprint density at radius 1 is 1.61 bits per heavy atom. The minimum Gasteiger partial charge on any atom is -0.478 e. The second-order valence-corrected chi connectivity index (χ2v) is 4.68. The molecule has 2 N–H and O–H groups in total. The average Bonchev–Trinajstić information content (AvgIpc) is 2.92. The Morgan fingerprint density at radius 2 is 2.39 bits per heavy atom. The van der Waals surface area contributed by atoms with Crippen molar-refractivity contribution in [3.8, 4) is 0 Å². The number of carboxylic acids is 1. The van der Waals surface area contributed by atoms with E-state index in [0.29, 0.717) is 24.1 Å². The molecule has 5 heteroatoms. The van der Waals surface area contributed by atoms with Crippen molar-refractivity contribution >= 4 is 5.97 Å². The van der Waals surface area contributed by atoms with Gasteiger partial charge in [-0.3, -0.25) is 0 Å². The van der Waals surface area contributed by atoms with E-state index in [1.807, 2.05) is 0 Å². The van der Waals surface area contributed by atoms with Crippen LogP contribution >= 0.6 is 0 Å². The van der Waals surface area contributed by atoms with Crippen LogP contribution in [0.1, 0.15) is 41.1 Å². The van der Waals surface area contributed by atoms with Crippen LogP contribution in [0.25, 0.3) is 0 Å². The predicted molar refractivity (Wildman–Crippen MR) is 65.7 cm³/mol. The van der Waals surface area contributed by atoms with Gasteiger partial charge in [0.15, 0.2) is 0 Å². The zero-order valence-corrected chi connectivity index (χ0v) is 10.7. The van der Waals surface area contributed by atoms with E-state index in [2.05, 4.69) is 5.32 Å². The fraction of sp³-hybridized carbons (Fsp3) is 0.615. The Morgan fingerprint density at radius 3 is 3.00 bits per heavy atom. The number of aromatic carboxylic acids is 1. The standard InChI is InChI=1S/C13H19NO4/c1-8-10(13(15)16)6-9(18-8)7-14-11-4-3-5-12(11)17-2/h6,11-12,14H,3-5,7H2,1-2H3,(H,15,16). The molecule has 1 aliphatic carbocycles. The zero-order valence-electron chi connectivity index (χ0n) is 10.7. The van der Waals surface area contributed by atoms with Crippen molar-refractivity contribution in [2.45, 2.75) is 44.9 Å². The lowest BCUT2D eigenvalue weighted by atomic mass is 10.2. The summed E-state index contributed by atoms with van der Waals surface area (Å²) in [6.45, 7) is 2.21. The number of nitrogens with one attached hydrogen (secondary N) is 1. The summed E-state index contributed by atoms with van der Waals surface area (Å²) < 4.78 is 10.8. The van der Waals surface area contributed by atoms with Crippen molar-refractivity contribution < 1.29 is 19.1 Å². The summed E-state index contributed by atoms with van der Waals surface area (Å²) in [5, 5.41) is 12.3. The first-order valence-electron chi connectivity index (χ1n) is 6.20. The van der Waals surface area contributed by atoms with Crippen LogP contribution in [0.2, 0.25) is 0 Å². The summed E-state index contributed by atoms with van der Waals surface area (Å²) in [6, 6.07) is 1.91. The molecule has 2 atom stereocenters. The van der Waals surface area contributed by atoms with Gasteiger partial charge in [0, 0.05) is 13.2 Å². The van der Waals surface area contributed by atoms with Crippen LogP contribution in [0, 0.1) is 6.92 Å². The Bertz CT molecular complexity index is 427. The molecule has 0 saturated heterocycles. The Kier molecular flexibility index (Phi) is 4.04. The van der Waals surface area contributed by atoms with Crippen LogP contribution in [0.4, 0.5) is 0 Å². The number of furan rings is 1. The van der Waals surface area contributed by atoms with Gasteiger partial charge in [-0.15, -0.1) is 0 Å².